The third kappa shape index (κ3) is 4.03. The quantitative estimate of drug-likeness (QED) is 0.669. The minimum Gasteiger partial charge on any atom is -0.288 e. The van der Waals surface area contributed by atoms with Crippen molar-refractivity contribution in [3.05, 3.63) is 0 Å². The van der Waals surface area contributed by atoms with Gasteiger partial charge in [0.25, 0.3) is 0 Å². The molecule has 0 radical (unpaired) electrons. The van der Waals surface area contributed by atoms with Crippen molar-refractivity contribution < 1.29 is 35.5 Å². The fourth-order valence-electron chi connectivity index (χ4n) is 1.00. The molecule has 2 atom stereocenters. The lowest BCUT2D eigenvalue weighted by Crippen LogP contribution is -2.54. The minimum absolute atomic E-state index is 0.450. The number of hydrogen-bond acceptors (Lipinski definition) is 2. The Labute approximate surface area is 103 Å². The number of thioether (sulfide) groups is 1. The highest BCUT2D eigenvalue weighted by Crippen LogP contribution is 2.43. The summed E-state index contributed by atoms with van der Waals surface area (Å²) >= 11 is 0.476. The van der Waals surface area contributed by atoms with E-state index in [-0.39, 0.29) is 0 Å². The lowest BCUT2D eigenvalue weighted by Gasteiger charge is -2.30. The average Bonchev–Trinajstić information content (AvgIpc) is 2.26. The summed E-state index contributed by atoms with van der Waals surface area (Å²) in [5.74, 6) is -11.2. The van der Waals surface area contributed by atoms with E-state index in [1.165, 1.54) is 0 Å². The zero-order valence-corrected chi connectivity index (χ0v) is 10.1. The van der Waals surface area contributed by atoms with Crippen molar-refractivity contribution in [1.29, 1.82) is 0 Å². The van der Waals surface area contributed by atoms with E-state index in [2.05, 4.69) is 0 Å². The minimum atomic E-state index is -5.43. The van der Waals surface area contributed by atoms with Crippen LogP contribution >= 0.6 is 11.8 Å². The summed E-state index contributed by atoms with van der Waals surface area (Å²) < 4.78 is 88.4. The molecule has 0 N–H and O–H groups in total. The summed E-state index contributed by atoms with van der Waals surface area (Å²) in [7, 11) is 0. The highest BCUT2D eigenvalue weighted by atomic mass is 32.2. The third-order valence-corrected chi connectivity index (χ3v) is 2.89. The highest BCUT2D eigenvalue weighted by Gasteiger charge is 2.66. The van der Waals surface area contributed by atoms with Gasteiger partial charge in [-0.15, -0.1) is 0 Å². The molecule has 108 valence electrons. The van der Waals surface area contributed by atoms with Gasteiger partial charge in [0.1, 0.15) is 6.67 Å². The molecule has 0 aliphatic rings. The largest absolute Gasteiger partial charge is 0.346 e. The second kappa shape index (κ2) is 6.63. The van der Waals surface area contributed by atoms with Gasteiger partial charge >= 0.3 is 11.8 Å². The molecule has 2 unspecified atom stereocenters. The van der Waals surface area contributed by atoms with Crippen LogP contribution in [0.3, 0.4) is 0 Å². The van der Waals surface area contributed by atoms with Crippen LogP contribution in [0.15, 0.2) is 0 Å². The van der Waals surface area contributed by atoms with Gasteiger partial charge in [-0.05, 0) is 6.42 Å². The molecule has 0 spiro atoms. The first kappa shape index (κ1) is 17.5. The van der Waals surface area contributed by atoms with Crippen LogP contribution < -0.4 is 0 Å². The van der Waals surface area contributed by atoms with Crippen LogP contribution in [-0.2, 0) is 4.79 Å². The van der Waals surface area contributed by atoms with Crippen LogP contribution in [0.25, 0.3) is 0 Å². The molecule has 0 bridgehead atoms. The van der Waals surface area contributed by atoms with Crippen LogP contribution in [0.2, 0.25) is 0 Å². The van der Waals surface area contributed by atoms with Gasteiger partial charge in [-0.3, -0.25) is 4.79 Å². The molecule has 9 heteroatoms. The van der Waals surface area contributed by atoms with E-state index in [0.29, 0.717) is 11.8 Å². The van der Waals surface area contributed by atoms with Crippen molar-refractivity contribution in [2.75, 3.05) is 12.4 Å². The molecule has 0 aromatic heterocycles. The Balaban J connectivity index is 4.64. The monoisotopic (exact) mass is 300 g/mol. The predicted octanol–water partition coefficient (Wildman–Crippen LogP) is 3.57. The van der Waals surface area contributed by atoms with Crippen LogP contribution in [-0.4, -0.2) is 41.7 Å². The van der Waals surface area contributed by atoms with Crippen molar-refractivity contribution >= 4 is 16.9 Å². The van der Waals surface area contributed by atoms with E-state index in [0.717, 1.165) is 6.92 Å². The zero-order chi connectivity index (χ0) is 14.6. The smallest absolute Gasteiger partial charge is 0.288 e. The first-order valence-corrected chi connectivity index (χ1v) is 5.79. The third-order valence-electron chi connectivity index (χ3n) is 2.04. The van der Waals surface area contributed by atoms with E-state index in [4.69, 9.17) is 0 Å². The first-order valence-electron chi connectivity index (χ1n) is 4.80. The maximum Gasteiger partial charge on any atom is 0.346 e. The number of carbonyl (C=O) groups is 1. The Hall–Kier alpha value is -0.470. The number of rotatable bonds is 7. The van der Waals surface area contributed by atoms with E-state index in [9.17, 15) is 35.5 Å². The standard InChI is InChI=1S/C9H11F7OS/c1-5(17)18-3-2-6(11)8(13,14)9(15,16)7(12)4-10/h6-7H,2-4H2,1H3. The molecule has 1 nitrogen and oxygen atoms in total. The summed E-state index contributed by atoms with van der Waals surface area (Å²) in [5, 5.41) is -0.496. The highest BCUT2D eigenvalue weighted by molar-refractivity contribution is 8.13. The molecule has 0 aliphatic carbocycles. The number of alkyl halides is 7. The molecule has 0 saturated carbocycles. The fraction of sp³-hybridized carbons (Fsp3) is 0.889. The van der Waals surface area contributed by atoms with Gasteiger partial charge in [0.2, 0.25) is 0 Å². The normalized spacial score (nSPS) is 16.4. The summed E-state index contributed by atoms with van der Waals surface area (Å²) in [6.07, 6.45) is -8.19. The second-order valence-electron chi connectivity index (χ2n) is 3.46. The Bertz CT molecular complexity index is 284. The molecular weight excluding hydrogens is 289 g/mol. The molecule has 18 heavy (non-hydrogen) atoms. The SMILES string of the molecule is CC(=O)SCCC(F)C(F)(F)C(F)(F)C(F)CF. The fourth-order valence-corrected chi connectivity index (χ4v) is 1.61. The predicted molar refractivity (Wildman–Crippen MR) is 53.4 cm³/mol. The van der Waals surface area contributed by atoms with Crippen LogP contribution in [0.1, 0.15) is 13.3 Å². The van der Waals surface area contributed by atoms with Crippen molar-refractivity contribution in [2.45, 2.75) is 37.5 Å². The molecule has 0 aromatic carbocycles. The van der Waals surface area contributed by atoms with E-state index < -0.39 is 48.2 Å². The van der Waals surface area contributed by atoms with Crippen molar-refractivity contribution in [3.63, 3.8) is 0 Å². The molecule has 0 rings (SSSR count). The maximum absolute atomic E-state index is 13.0. The second-order valence-corrected chi connectivity index (χ2v) is 4.74. The van der Waals surface area contributed by atoms with E-state index >= 15 is 0 Å². The lowest BCUT2D eigenvalue weighted by atomic mass is 10.0. The molecular formula is C9H11F7OS. The molecule has 0 aromatic rings. The summed E-state index contributed by atoms with van der Waals surface area (Å²) in [4.78, 5) is 10.4. The first-order chi connectivity index (χ1) is 8.07. The topological polar surface area (TPSA) is 17.1 Å². The molecule has 0 aliphatic heterocycles. The van der Waals surface area contributed by atoms with Gasteiger partial charge in [0.15, 0.2) is 17.5 Å². The van der Waals surface area contributed by atoms with Crippen molar-refractivity contribution in [1.82, 2.24) is 0 Å². The summed E-state index contributed by atoms with van der Waals surface area (Å²) in [6.45, 7) is -1.25. The van der Waals surface area contributed by atoms with E-state index in [1.807, 2.05) is 0 Å². The molecule has 0 heterocycles. The van der Waals surface area contributed by atoms with Gasteiger partial charge in [-0.25, -0.2) is 13.2 Å². The van der Waals surface area contributed by atoms with Gasteiger partial charge in [0, 0.05) is 12.7 Å². The van der Waals surface area contributed by atoms with Crippen LogP contribution in [0.4, 0.5) is 30.7 Å². The lowest BCUT2D eigenvalue weighted by molar-refractivity contribution is -0.265. The Morgan fingerprint density at radius 3 is 1.94 bits per heavy atom. The average molecular weight is 300 g/mol. The van der Waals surface area contributed by atoms with Crippen molar-refractivity contribution in [2.24, 2.45) is 0 Å². The maximum atomic E-state index is 13.0. The molecule has 0 fully saturated rings. The Kier molecular flexibility index (Phi) is 6.45. The van der Waals surface area contributed by atoms with Gasteiger partial charge in [-0.2, -0.15) is 17.6 Å². The van der Waals surface area contributed by atoms with Gasteiger partial charge < -0.3 is 0 Å². The molecule has 0 amide bonds. The Morgan fingerprint density at radius 2 is 1.56 bits per heavy atom. The summed E-state index contributed by atoms with van der Waals surface area (Å²) in [5.41, 5.74) is 0. The van der Waals surface area contributed by atoms with Crippen LogP contribution in [0.5, 0.6) is 0 Å². The summed E-state index contributed by atoms with van der Waals surface area (Å²) in [6, 6.07) is 0. The molecule has 0 saturated heterocycles. The van der Waals surface area contributed by atoms with Crippen LogP contribution in [0, 0.1) is 0 Å². The van der Waals surface area contributed by atoms with Crippen molar-refractivity contribution in [3.8, 4) is 0 Å². The number of hydrogen-bond donors (Lipinski definition) is 0. The number of carbonyl (C=O) groups excluding carboxylic acids is 1. The number of halogens is 7. The van der Waals surface area contributed by atoms with E-state index in [1.54, 1.807) is 0 Å². The zero-order valence-electron chi connectivity index (χ0n) is 9.24. The Morgan fingerprint density at radius 1 is 1.11 bits per heavy atom. The van der Waals surface area contributed by atoms with Gasteiger partial charge in [-0.1, -0.05) is 11.8 Å². The van der Waals surface area contributed by atoms with Gasteiger partial charge in [0.05, 0.1) is 0 Å².